The van der Waals surface area contributed by atoms with Crippen molar-refractivity contribution in [3.63, 3.8) is 0 Å². The first kappa shape index (κ1) is 13.7. The van der Waals surface area contributed by atoms with Crippen molar-refractivity contribution in [2.45, 2.75) is 31.9 Å². The highest BCUT2D eigenvalue weighted by atomic mass is 32.1. The molecule has 0 aromatic heterocycles. The number of halogens is 3. The van der Waals surface area contributed by atoms with Crippen molar-refractivity contribution in [3.8, 4) is 0 Å². The maximum Gasteiger partial charge on any atom is 0.399 e. The van der Waals surface area contributed by atoms with Crippen LogP contribution in [0.1, 0.15) is 25.7 Å². The molecule has 1 fully saturated rings. The number of alkyl halides is 3. The SMILES string of the molecule is NC(=S)C(CN1CCCCCC1)C(F)(F)F. The first-order chi connectivity index (χ1) is 7.41. The molecule has 0 saturated carbocycles. The molecule has 1 heterocycles. The number of hydrogen-bond acceptors (Lipinski definition) is 2. The van der Waals surface area contributed by atoms with E-state index in [-0.39, 0.29) is 6.54 Å². The fourth-order valence-corrected chi connectivity index (χ4v) is 2.14. The van der Waals surface area contributed by atoms with Crippen LogP contribution in [-0.2, 0) is 0 Å². The summed E-state index contributed by atoms with van der Waals surface area (Å²) in [6, 6.07) is 0. The van der Waals surface area contributed by atoms with Crippen LogP contribution in [0.2, 0.25) is 0 Å². The molecule has 2 N–H and O–H groups in total. The number of likely N-dealkylation sites (tertiary alicyclic amines) is 1. The molecular formula is C10H17F3N2S. The first-order valence-corrected chi connectivity index (χ1v) is 5.90. The molecule has 0 spiro atoms. The molecule has 1 saturated heterocycles. The Hall–Kier alpha value is -0.360. The Morgan fingerprint density at radius 3 is 2.06 bits per heavy atom. The van der Waals surface area contributed by atoms with Crippen LogP contribution < -0.4 is 5.73 Å². The van der Waals surface area contributed by atoms with Gasteiger partial charge in [0.25, 0.3) is 0 Å². The molecule has 1 aliphatic heterocycles. The van der Waals surface area contributed by atoms with Gasteiger partial charge in [-0.3, -0.25) is 0 Å². The summed E-state index contributed by atoms with van der Waals surface area (Å²) in [5.74, 6) is -1.67. The van der Waals surface area contributed by atoms with Gasteiger partial charge in [0.15, 0.2) is 0 Å². The maximum absolute atomic E-state index is 12.6. The molecule has 1 rings (SSSR count). The number of nitrogens with zero attached hydrogens (tertiary/aromatic N) is 1. The summed E-state index contributed by atoms with van der Waals surface area (Å²) >= 11 is 4.50. The predicted octanol–water partition coefficient (Wildman–Crippen LogP) is 2.33. The molecule has 6 heteroatoms. The molecule has 16 heavy (non-hydrogen) atoms. The van der Waals surface area contributed by atoms with Gasteiger partial charge in [0.05, 0.1) is 4.99 Å². The Kier molecular flexibility index (Phi) is 4.98. The third-order valence-corrected chi connectivity index (χ3v) is 3.16. The normalized spacial score (nSPS) is 21.4. The van der Waals surface area contributed by atoms with Crippen molar-refractivity contribution in [1.29, 1.82) is 0 Å². The Morgan fingerprint density at radius 2 is 1.69 bits per heavy atom. The zero-order valence-corrected chi connectivity index (χ0v) is 9.91. The first-order valence-electron chi connectivity index (χ1n) is 5.49. The second kappa shape index (κ2) is 5.82. The largest absolute Gasteiger partial charge is 0.399 e. The van der Waals surface area contributed by atoms with Crippen molar-refractivity contribution in [2.24, 2.45) is 11.7 Å². The van der Waals surface area contributed by atoms with Crippen molar-refractivity contribution < 1.29 is 13.2 Å². The highest BCUT2D eigenvalue weighted by molar-refractivity contribution is 7.80. The van der Waals surface area contributed by atoms with E-state index in [0.29, 0.717) is 0 Å². The van der Waals surface area contributed by atoms with Crippen molar-refractivity contribution in [3.05, 3.63) is 0 Å². The van der Waals surface area contributed by atoms with Crippen LogP contribution >= 0.6 is 12.2 Å². The fourth-order valence-electron chi connectivity index (χ4n) is 1.93. The summed E-state index contributed by atoms with van der Waals surface area (Å²) in [6.45, 7) is 1.35. The molecule has 0 aromatic rings. The van der Waals surface area contributed by atoms with Gasteiger partial charge in [-0.2, -0.15) is 13.2 Å². The van der Waals surface area contributed by atoms with Crippen LogP contribution in [0.4, 0.5) is 13.2 Å². The van der Waals surface area contributed by atoms with E-state index in [2.05, 4.69) is 12.2 Å². The second-order valence-electron chi connectivity index (χ2n) is 4.21. The van der Waals surface area contributed by atoms with Gasteiger partial charge in [0, 0.05) is 6.54 Å². The Balaban J connectivity index is 2.56. The molecule has 0 aliphatic carbocycles. The lowest BCUT2D eigenvalue weighted by molar-refractivity contribution is -0.159. The molecule has 0 bridgehead atoms. The molecule has 0 aromatic carbocycles. The minimum absolute atomic E-state index is 0.0845. The van der Waals surface area contributed by atoms with E-state index < -0.39 is 17.1 Å². The van der Waals surface area contributed by atoms with Gasteiger partial charge in [-0.05, 0) is 25.9 Å². The number of thiocarbonyl (C=S) groups is 1. The minimum atomic E-state index is -4.32. The summed E-state index contributed by atoms with van der Waals surface area (Å²) in [6.07, 6.45) is -0.206. The summed E-state index contributed by atoms with van der Waals surface area (Å²) in [5.41, 5.74) is 5.16. The van der Waals surface area contributed by atoms with E-state index in [9.17, 15) is 13.2 Å². The fraction of sp³-hybridized carbons (Fsp3) is 0.900. The predicted molar refractivity (Wildman–Crippen MR) is 61.2 cm³/mol. The van der Waals surface area contributed by atoms with Crippen molar-refractivity contribution in [2.75, 3.05) is 19.6 Å². The van der Waals surface area contributed by atoms with Gasteiger partial charge < -0.3 is 10.6 Å². The van der Waals surface area contributed by atoms with Crippen LogP contribution in [-0.4, -0.2) is 35.7 Å². The zero-order chi connectivity index (χ0) is 12.2. The summed E-state index contributed by atoms with van der Waals surface area (Å²) in [7, 11) is 0. The summed E-state index contributed by atoms with van der Waals surface area (Å²) in [5, 5.41) is 0. The highest BCUT2D eigenvalue weighted by Gasteiger charge is 2.42. The van der Waals surface area contributed by atoms with E-state index in [1.54, 1.807) is 0 Å². The third-order valence-electron chi connectivity index (χ3n) is 2.88. The smallest absolute Gasteiger partial charge is 0.393 e. The van der Waals surface area contributed by atoms with Gasteiger partial charge >= 0.3 is 6.18 Å². The average Bonchev–Trinajstić information content (AvgIpc) is 2.39. The molecule has 0 amide bonds. The van der Waals surface area contributed by atoms with E-state index in [0.717, 1.165) is 38.8 Å². The van der Waals surface area contributed by atoms with E-state index in [1.807, 2.05) is 4.90 Å². The van der Waals surface area contributed by atoms with Gasteiger partial charge in [-0.15, -0.1) is 0 Å². The monoisotopic (exact) mass is 254 g/mol. The van der Waals surface area contributed by atoms with Gasteiger partial charge in [-0.25, -0.2) is 0 Å². The summed E-state index contributed by atoms with van der Waals surface area (Å²) < 4.78 is 37.9. The van der Waals surface area contributed by atoms with Gasteiger partial charge in [0.2, 0.25) is 0 Å². The molecule has 2 nitrogen and oxygen atoms in total. The third kappa shape index (κ3) is 4.25. The molecule has 1 aliphatic rings. The van der Waals surface area contributed by atoms with Gasteiger partial charge in [-0.1, -0.05) is 25.1 Å². The second-order valence-corrected chi connectivity index (χ2v) is 4.68. The lowest BCUT2D eigenvalue weighted by Crippen LogP contribution is -2.43. The molecule has 1 unspecified atom stereocenters. The quantitative estimate of drug-likeness (QED) is 0.784. The summed E-state index contributed by atoms with van der Waals surface area (Å²) in [4.78, 5) is 1.38. The van der Waals surface area contributed by atoms with Crippen molar-refractivity contribution >= 4 is 17.2 Å². The van der Waals surface area contributed by atoms with Gasteiger partial charge in [0.1, 0.15) is 5.92 Å². The van der Waals surface area contributed by atoms with Crippen LogP contribution in [0.3, 0.4) is 0 Å². The Morgan fingerprint density at radius 1 is 1.19 bits per heavy atom. The van der Waals surface area contributed by atoms with Crippen LogP contribution in [0.15, 0.2) is 0 Å². The molecular weight excluding hydrogens is 237 g/mol. The molecule has 1 atom stereocenters. The highest BCUT2D eigenvalue weighted by Crippen LogP contribution is 2.28. The average molecular weight is 254 g/mol. The topological polar surface area (TPSA) is 29.3 Å². The lowest BCUT2D eigenvalue weighted by Gasteiger charge is -2.27. The number of rotatable bonds is 3. The van der Waals surface area contributed by atoms with Crippen LogP contribution in [0.5, 0.6) is 0 Å². The zero-order valence-electron chi connectivity index (χ0n) is 9.09. The Labute approximate surface area is 99.0 Å². The lowest BCUT2D eigenvalue weighted by atomic mass is 10.1. The molecule has 0 radical (unpaired) electrons. The minimum Gasteiger partial charge on any atom is -0.393 e. The van der Waals surface area contributed by atoms with Crippen molar-refractivity contribution in [1.82, 2.24) is 4.90 Å². The van der Waals surface area contributed by atoms with E-state index in [1.165, 1.54) is 0 Å². The Bertz CT molecular complexity index is 235. The van der Waals surface area contributed by atoms with E-state index >= 15 is 0 Å². The maximum atomic E-state index is 12.6. The van der Waals surface area contributed by atoms with Crippen LogP contribution in [0.25, 0.3) is 0 Å². The van der Waals surface area contributed by atoms with Crippen LogP contribution in [0, 0.1) is 5.92 Å². The van der Waals surface area contributed by atoms with E-state index in [4.69, 9.17) is 5.73 Å². The molecule has 94 valence electrons. The standard InChI is InChI=1S/C10H17F3N2S/c11-10(12,13)8(9(14)16)7-15-5-3-1-2-4-6-15/h8H,1-7H2,(H2,14,16). The number of hydrogen-bond donors (Lipinski definition) is 1. The number of nitrogens with two attached hydrogens (primary N) is 1.